The molecular formula is C24H24N2O3. The highest BCUT2D eigenvalue weighted by Crippen LogP contribution is 2.31. The number of methoxy groups -OCH3 is 1. The largest absolute Gasteiger partial charge is 0.493 e. The first-order chi connectivity index (χ1) is 14.2. The fraction of sp³-hybridized carbons (Fsp3) is 0.250. The second kappa shape index (κ2) is 8.78. The van der Waals surface area contributed by atoms with Crippen LogP contribution in [0.2, 0.25) is 0 Å². The number of nitrogens with one attached hydrogen (secondary N) is 1. The lowest BCUT2D eigenvalue weighted by Crippen LogP contribution is -2.14. The number of fused-ring (bicyclic) bond motifs is 1. The first-order valence-corrected chi connectivity index (χ1v) is 9.81. The number of aromatic nitrogens is 1. The number of pyridine rings is 1. The van der Waals surface area contributed by atoms with Gasteiger partial charge in [-0.25, -0.2) is 0 Å². The minimum absolute atomic E-state index is 0.0497. The number of aryl methyl sites for hydroxylation is 2. The number of benzene rings is 2. The molecule has 0 radical (unpaired) electrons. The van der Waals surface area contributed by atoms with Gasteiger partial charge in [0, 0.05) is 29.7 Å². The van der Waals surface area contributed by atoms with Crippen LogP contribution >= 0.6 is 0 Å². The van der Waals surface area contributed by atoms with E-state index in [4.69, 9.17) is 9.47 Å². The average molecular weight is 388 g/mol. The van der Waals surface area contributed by atoms with Gasteiger partial charge in [-0.15, -0.1) is 0 Å². The summed E-state index contributed by atoms with van der Waals surface area (Å²) in [5, 5.41) is 2.96. The van der Waals surface area contributed by atoms with Crippen LogP contribution in [0.3, 0.4) is 0 Å². The van der Waals surface area contributed by atoms with Crippen LogP contribution < -0.4 is 14.8 Å². The van der Waals surface area contributed by atoms with Crippen molar-refractivity contribution < 1.29 is 14.3 Å². The normalized spacial score (nSPS) is 12.3. The summed E-state index contributed by atoms with van der Waals surface area (Å²) in [5.74, 6) is 1.14. The Hall–Kier alpha value is -3.34. The van der Waals surface area contributed by atoms with E-state index in [0.717, 1.165) is 24.0 Å². The van der Waals surface area contributed by atoms with Crippen LogP contribution in [0, 0.1) is 0 Å². The van der Waals surface area contributed by atoms with E-state index in [0.29, 0.717) is 30.2 Å². The summed E-state index contributed by atoms with van der Waals surface area (Å²) >= 11 is 0. The number of hydrogen-bond donors (Lipinski definition) is 1. The number of rotatable bonds is 7. The minimum atomic E-state index is -0.0497. The fourth-order valence-electron chi connectivity index (χ4n) is 3.64. The van der Waals surface area contributed by atoms with Gasteiger partial charge < -0.3 is 14.8 Å². The Balaban J connectivity index is 1.42. The van der Waals surface area contributed by atoms with E-state index in [2.05, 4.69) is 28.5 Å². The standard InChI is InChI=1S/C24H24N2O3/c1-28-22-10-9-21(14-23(22)29-16-18-4-3-11-25-15-18)26-24(27)13-17-7-8-19-5-2-6-20(19)12-17/h3-4,7-12,14-15H,2,5-6,13,16H2,1H3,(H,26,27). The van der Waals surface area contributed by atoms with Crippen molar-refractivity contribution in [3.63, 3.8) is 0 Å². The number of hydrogen-bond acceptors (Lipinski definition) is 4. The highest BCUT2D eigenvalue weighted by atomic mass is 16.5. The van der Waals surface area contributed by atoms with E-state index in [9.17, 15) is 4.79 Å². The molecule has 1 amide bonds. The zero-order chi connectivity index (χ0) is 20.1. The predicted octanol–water partition coefficient (Wildman–Crippen LogP) is 4.34. The molecule has 3 aromatic rings. The van der Waals surface area contributed by atoms with Gasteiger partial charge in [-0.3, -0.25) is 9.78 Å². The van der Waals surface area contributed by atoms with E-state index >= 15 is 0 Å². The van der Waals surface area contributed by atoms with Gasteiger partial charge in [-0.2, -0.15) is 0 Å². The van der Waals surface area contributed by atoms with Gasteiger partial charge in [0.05, 0.1) is 13.5 Å². The Kier molecular flexibility index (Phi) is 5.75. The zero-order valence-electron chi connectivity index (χ0n) is 16.5. The van der Waals surface area contributed by atoms with E-state index in [1.807, 2.05) is 18.2 Å². The van der Waals surface area contributed by atoms with Crippen molar-refractivity contribution in [3.8, 4) is 11.5 Å². The van der Waals surface area contributed by atoms with Crippen LogP contribution in [0.1, 0.15) is 28.7 Å². The number of carbonyl (C=O) groups is 1. The fourth-order valence-corrected chi connectivity index (χ4v) is 3.64. The molecule has 0 atom stereocenters. The third-order valence-corrected chi connectivity index (χ3v) is 5.09. The molecule has 29 heavy (non-hydrogen) atoms. The van der Waals surface area contributed by atoms with Crippen molar-refractivity contribution in [3.05, 3.63) is 83.2 Å². The summed E-state index contributed by atoms with van der Waals surface area (Å²) in [6.07, 6.45) is 7.30. The van der Waals surface area contributed by atoms with Crippen molar-refractivity contribution in [2.24, 2.45) is 0 Å². The quantitative estimate of drug-likeness (QED) is 0.654. The van der Waals surface area contributed by atoms with Crippen LogP contribution in [0.5, 0.6) is 11.5 Å². The molecule has 148 valence electrons. The lowest BCUT2D eigenvalue weighted by molar-refractivity contribution is -0.115. The average Bonchev–Trinajstić information content (AvgIpc) is 3.21. The second-order valence-corrected chi connectivity index (χ2v) is 7.20. The molecule has 1 N–H and O–H groups in total. The molecule has 0 aliphatic heterocycles. The summed E-state index contributed by atoms with van der Waals surface area (Å²) in [5.41, 5.74) is 5.48. The number of amides is 1. The summed E-state index contributed by atoms with van der Waals surface area (Å²) in [4.78, 5) is 16.6. The summed E-state index contributed by atoms with van der Waals surface area (Å²) in [6, 6.07) is 15.6. The summed E-state index contributed by atoms with van der Waals surface area (Å²) in [7, 11) is 1.60. The van der Waals surface area contributed by atoms with Crippen LogP contribution in [0.4, 0.5) is 5.69 Å². The second-order valence-electron chi connectivity index (χ2n) is 7.20. The van der Waals surface area contributed by atoms with Gasteiger partial charge in [-0.1, -0.05) is 24.3 Å². The van der Waals surface area contributed by atoms with Gasteiger partial charge >= 0.3 is 0 Å². The molecule has 1 aliphatic rings. The lowest BCUT2D eigenvalue weighted by atomic mass is 10.0. The molecule has 4 rings (SSSR count). The van der Waals surface area contributed by atoms with E-state index < -0.39 is 0 Å². The van der Waals surface area contributed by atoms with Gasteiger partial charge in [0.1, 0.15) is 6.61 Å². The minimum Gasteiger partial charge on any atom is -0.493 e. The van der Waals surface area contributed by atoms with E-state index in [-0.39, 0.29) is 5.91 Å². The van der Waals surface area contributed by atoms with Crippen LogP contribution in [0.15, 0.2) is 60.9 Å². The van der Waals surface area contributed by atoms with Gasteiger partial charge in [0.2, 0.25) is 5.91 Å². The van der Waals surface area contributed by atoms with Crippen LogP contribution in [-0.2, 0) is 30.7 Å². The van der Waals surface area contributed by atoms with Crippen molar-refractivity contribution in [1.82, 2.24) is 4.98 Å². The first-order valence-electron chi connectivity index (χ1n) is 9.81. The first kappa shape index (κ1) is 19.0. The molecule has 2 aromatic carbocycles. The van der Waals surface area contributed by atoms with Crippen molar-refractivity contribution in [2.45, 2.75) is 32.3 Å². The Bertz CT molecular complexity index is 1000. The molecule has 5 heteroatoms. The molecule has 0 unspecified atom stereocenters. The highest BCUT2D eigenvalue weighted by molar-refractivity contribution is 5.92. The maximum atomic E-state index is 12.5. The molecule has 0 fully saturated rings. The zero-order valence-corrected chi connectivity index (χ0v) is 16.5. The maximum absolute atomic E-state index is 12.5. The van der Waals surface area contributed by atoms with Crippen LogP contribution in [-0.4, -0.2) is 18.0 Å². The monoisotopic (exact) mass is 388 g/mol. The van der Waals surface area contributed by atoms with E-state index in [1.54, 1.807) is 31.6 Å². The van der Waals surface area contributed by atoms with Crippen molar-refractivity contribution >= 4 is 11.6 Å². The molecule has 0 spiro atoms. The number of ether oxygens (including phenoxy) is 2. The van der Waals surface area contributed by atoms with Gasteiger partial charge in [0.25, 0.3) is 0 Å². The Labute approximate surface area is 170 Å². The number of carbonyl (C=O) groups excluding carboxylic acids is 1. The van der Waals surface area contributed by atoms with Gasteiger partial charge in [-0.05, 0) is 54.2 Å². The maximum Gasteiger partial charge on any atom is 0.228 e. The molecule has 0 bridgehead atoms. The lowest BCUT2D eigenvalue weighted by Gasteiger charge is -2.13. The molecular weight excluding hydrogens is 364 g/mol. The number of nitrogens with zero attached hydrogens (tertiary/aromatic N) is 1. The third kappa shape index (κ3) is 4.74. The Morgan fingerprint density at radius 1 is 1.03 bits per heavy atom. The van der Waals surface area contributed by atoms with Crippen molar-refractivity contribution in [1.29, 1.82) is 0 Å². The molecule has 5 nitrogen and oxygen atoms in total. The van der Waals surface area contributed by atoms with Crippen molar-refractivity contribution in [2.75, 3.05) is 12.4 Å². The summed E-state index contributed by atoms with van der Waals surface area (Å²) < 4.78 is 11.3. The number of anilines is 1. The smallest absolute Gasteiger partial charge is 0.228 e. The molecule has 1 aromatic heterocycles. The SMILES string of the molecule is COc1ccc(NC(=O)Cc2ccc3c(c2)CCC3)cc1OCc1cccnc1. The molecule has 1 heterocycles. The third-order valence-electron chi connectivity index (χ3n) is 5.09. The molecule has 1 aliphatic carbocycles. The topological polar surface area (TPSA) is 60.5 Å². The van der Waals surface area contributed by atoms with Crippen LogP contribution in [0.25, 0.3) is 0 Å². The summed E-state index contributed by atoms with van der Waals surface area (Å²) in [6.45, 7) is 0.372. The predicted molar refractivity (Wildman–Crippen MR) is 112 cm³/mol. The highest BCUT2D eigenvalue weighted by Gasteiger charge is 2.13. The Morgan fingerprint density at radius 2 is 1.93 bits per heavy atom. The molecule has 0 saturated heterocycles. The van der Waals surface area contributed by atoms with Gasteiger partial charge in [0.15, 0.2) is 11.5 Å². The molecule has 0 saturated carbocycles. The van der Waals surface area contributed by atoms with E-state index in [1.165, 1.54) is 17.5 Å². The Morgan fingerprint density at radius 3 is 2.76 bits per heavy atom.